The fourth-order valence-electron chi connectivity index (χ4n) is 2.71. The van der Waals surface area contributed by atoms with Crippen LogP contribution < -0.4 is 14.8 Å². The molecule has 1 aromatic carbocycles. The van der Waals surface area contributed by atoms with Gasteiger partial charge >= 0.3 is 0 Å². The monoisotopic (exact) mass is 321 g/mol. The number of methoxy groups -OCH3 is 2. The standard InChI is InChI=1S/C17H27N3O3/c1-4-19-7-9-20(10-8-19)13-17(21)18-12-14-5-6-15(22-2)16(11-14)23-3/h5-6,11H,4,7-10,12-13H2,1-3H3,(H,18,21). The summed E-state index contributed by atoms with van der Waals surface area (Å²) in [6, 6.07) is 5.67. The molecular formula is C17H27N3O3. The van der Waals surface area contributed by atoms with Gasteiger partial charge in [-0.05, 0) is 24.2 Å². The second-order valence-electron chi connectivity index (χ2n) is 5.68. The summed E-state index contributed by atoms with van der Waals surface area (Å²) in [6.45, 7) is 8.21. The third kappa shape index (κ3) is 5.11. The maximum Gasteiger partial charge on any atom is 0.234 e. The summed E-state index contributed by atoms with van der Waals surface area (Å²) in [5, 5.41) is 2.97. The van der Waals surface area contributed by atoms with E-state index in [1.54, 1.807) is 14.2 Å². The molecule has 1 aliphatic rings. The molecule has 2 rings (SSSR count). The predicted molar refractivity (Wildman–Crippen MR) is 89.9 cm³/mol. The maximum absolute atomic E-state index is 12.1. The fourth-order valence-corrected chi connectivity index (χ4v) is 2.71. The number of carbonyl (C=O) groups excluding carboxylic acids is 1. The molecule has 6 heteroatoms. The third-order valence-electron chi connectivity index (χ3n) is 4.22. The zero-order valence-electron chi connectivity index (χ0n) is 14.3. The molecule has 0 aromatic heterocycles. The minimum Gasteiger partial charge on any atom is -0.493 e. The summed E-state index contributed by atoms with van der Waals surface area (Å²) in [5.74, 6) is 1.43. The van der Waals surface area contributed by atoms with Gasteiger partial charge in [0.25, 0.3) is 0 Å². The fraction of sp³-hybridized carbons (Fsp3) is 0.588. The molecule has 1 aliphatic heterocycles. The van der Waals surface area contributed by atoms with Gasteiger partial charge in [0.2, 0.25) is 5.91 Å². The first-order valence-corrected chi connectivity index (χ1v) is 8.08. The Hall–Kier alpha value is -1.79. The number of likely N-dealkylation sites (N-methyl/N-ethyl adjacent to an activating group) is 1. The number of ether oxygens (including phenoxy) is 2. The Labute approximate surface area is 138 Å². The Kier molecular flexibility index (Phi) is 6.67. The molecule has 1 amide bonds. The van der Waals surface area contributed by atoms with Crippen molar-refractivity contribution in [1.29, 1.82) is 0 Å². The quantitative estimate of drug-likeness (QED) is 0.811. The van der Waals surface area contributed by atoms with E-state index in [1.165, 1.54) is 0 Å². The second kappa shape index (κ2) is 8.74. The molecule has 1 N–H and O–H groups in total. The van der Waals surface area contributed by atoms with Gasteiger partial charge in [0, 0.05) is 32.7 Å². The first kappa shape index (κ1) is 17.6. The van der Waals surface area contributed by atoms with Crippen LogP contribution in [0.15, 0.2) is 18.2 Å². The van der Waals surface area contributed by atoms with E-state index in [1.807, 2.05) is 18.2 Å². The number of benzene rings is 1. The molecule has 1 fully saturated rings. The van der Waals surface area contributed by atoms with Gasteiger partial charge in [0.15, 0.2) is 11.5 Å². The van der Waals surface area contributed by atoms with Crippen molar-refractivity contribution in [2.24, 2.45) is 0 Å². The number of carbonyl (C=O) groups is 1. The van der Waals surface area contributed by atoms with E-state index in [9.17, 15) is 4.79 Å². The van der Waals surface area contributed by atoms with Crippen molar-refractivity contribution >= 4 is 5.91 Å². The number of rotatable bonds is 7. The van der Waals surface area contributed by atoms with Gasteiger partial charge in [-0.1, -0.05) is 13.0 Å². The zero-order valence-corrected chi connectivity index (χ0v) is 14.3. The molecule has 23 heavy (non-hydrogen) atoms. The largest absolute Gasteiger partial charge is 0.493 e. The van der Waals surface area contributed by atoms with E-state index in [0.717, 1.165) is 38.3 Å². The lowest BCUT2D eigenvalue weighted by molar-refractivity contribution is -0.122. The molecule has 6 nitrogen and oxygen atoms in total. The average molecular weight is 321 g/mol. The van der Waals surface area contributed by atoms with Gasteiger partial charge in [-0.15, -0.1) is 0 Å². The predicted octanol–water partition coefficient (Wildman–Crippen LogP) is 0.958. The minimum absolute atomic E-state index is 0.0599. The highest BCUT2D eigenvalue weighted by Crippen LogP contribution is 2.27. The van der Waals surface area contributed by atoms with E-state index >= 15 is 0 Å². The Morgan fingerprint density at radius 3 is 2.35 bits per heavy atom. The van der Waals surface area contributed by atoms with Crippen LogP contribution in [0.3, 0.4) is 0 Å². The molecule has 0 atom stereocenters. The van der Waals surface area contributed by atoms with E-state index in [0.29, 0.717) is 24.6 Å². The number of amides is 1. The normalized spacial score (nSPS) is 16.1. The van der Waals surface area contributed by atoms with Crippen LogP contribution in [-0.2, 0) is 11.3 Å². The van der Waals surface area contributed by atoms with Crippen LogP contribution in [-0.4, -0.2) is 69.2 Å². The molecule has 0 spiro atoms. The van der Waals surface area contributed by atoms with Crippen molar-refractivity contribution < 1.29 is 14.3 Å². The van der Waals surface area contributed by atoms with Crippen LogP contribution in [0.25, 0.3) is 0 Å². The Morgan fingerprint density at radius 1 is 1.09 bits per heavy atom. The summed E-state index contributed by atoms with van der Waals surface area (Å²) in [6.07, 6.45) is 0. The molecule has 0 saturated carbocycles. The average Bonchev–Trinajstić information content (AvgIpc) is 2.60. The summed E-state index contributed by atoms with van der Waals surface area (Å²) in [7, 11) is 3.22. The SMILES string of the molecule is CCN1CCN(CC(=O)NCc2ccc(OC)c(OC)c2)CC1. The lowest BCUT2D eigenvalue weighted by atomic mass is 10.2. The second-order valence-corrected chi connectivity index (χ2v) is 5.68. The molecule has 0 radical (unpaired) electrons. The highest BCUT2D eigenvalue weighted by atomic mass is 16.5. The Balaban J connectivity index is 1.78. The van der Waals surface area contributed by atoms with Crippen LogP contribution in [0, 0.1) is 0 Å². The van der Waals surface area contributed by atoms with Gasteiger partial charge < -0.3 is 19.7 Å². The van der Waals surface area contributed by atoms with Crippen molar-refractivity contribution in [1.82, 2.24) is 15.1 Å². The van der Waals surface area contributed by atoms with Crippen LogP contribution in [0.1, 0.15) is 12.5 Å². The minimum atomic E-state index is 0.0599. The van der Waals surface area contributed by atoms with Gasteiger partial charge in [0.1, 0.15) is 0 Å². The van der Waals surface area contributed by atoms with Crippen molar-refractivity contribution in [3.8, 4) is 11.5 Å². The Bertz CT molecular complexity index is 514. The van der Waals surface area contributed by atoms with Crippen LogP contribution >= 0.6 is 0 Å². The van der Waals surface area contributed by atoms with E-state index in [2.05, 4.69) is 22.0 Å². The molecule has 1 heterocycles. The summed E-state index contributed by atoms with van der Waals surface area (Å²) < 4.78 is 10.5. The third-order valence-corrected chi connectivity index (χ3v) is 4.22. The van der Waals surface area contributed by atoms with Crippen LogP contribution in [0.5, 0.6) is 11.5 Å². The van der Waals surface area contributed by atoms with Crippen LogP contribution in [0.2, 0.25) is 0 Å². The van der Waals surface area contributed by atoms with E-state index in [-0.39, 0.29) is 5.91 Å². The van der Waals surface area contributed by atoms with Crippen LogP contribution in [0.4, 0.5) is 0 Å². The van der Waals surface area contributed by atoms with Crippen molar-refractivity contribution in [2.75, 3.05) is 53.5 Å². The van der Waals surface area contributed by atoms with Crippen molar-refractivity contribution in [3.05, 3.63) is 23.8 Å². The molecule has 0 aliphatic carbocycles. The molecule has 128 valence electrons. The topological polar surface area (TPSA) is 54.0 Å². The number of hydrogen-bond donors (Lipinski definition) is 1. The zero-order chi connectivity index (χ0) is 16.7. The molecule has 0 unspecified atom stereocenters. The van der Waals surface area contributed by atoms with Gasteiger partial charge in [-0.25, -0.2) is 0 Å². The number of piperazine rings is 1. The first-order chi connectivity index (χ1) is 11.2. The summed E-state index contributed by atoms with van der Waals surface area (Å²) in [4.78, 5) is 16.7. The highest BCUT2D eigenvalue weighted by molar-refractivity contribution is 5.78. The maximum atomic E-state index is 12.1. The molecule has 1 saturated heterocycles. The van der Waals surface area contributed by atoms with Crippen molar-refractivity contribution in [3.63, 3.8) is 0 Å². The van der Waals surface area contributed by atoms with Gasteiger partial charge in [0.05, 0.1) is 20.8 Å². The van der Waals surface area contributed by atoms with Gasteiger partial charge in [-0.2, -0.15) is 0 Å². The highest BCUT2D eigenvalue weighted by Gasteiger charge is 2.17. The Morgan fingerprint density at radius 2 is 1.74 bits per heavy atom. The lowest BCUT2D eigenvalue weighted by Crippen LogP contribution is -2.49. The van der Waals surface area contributed by atoms with Gasteiger partial charge in [-0.3, -0.25) is 9.69 Å². The smallest absolute Gasteiger partial charge is 0.234 e. The molecule has 1 aromatic rings. The van der Waals surface area contributed by atoms with E-state index in [4.69, 9.17) is 9.47 Å². The lowest BCUT2D eigenvalue weighted by Gasteiger charge is -2.33. The van der Waals surface area contributed by atoms with E-state index < -0.39 is 0 Å². The molecular weight excluding hydrogens is 294 g/mol. The number of nitrogens with one attached hydrogen (secondary N) is 1. The number of hydrogen-bond acceptors (Lipinski definition) is 5. The first-order valence-electron chi connectivity index (χ1n) is 8.08. The van der Waals surface area contributed by atoms with Crippen molar-refractivity contribution in [2.45, 2.75) is 13.5 Å². The molecule has 0 bridgehead atoms. The summed E-state index contributed by atoms with van der Waals surface area (Å²) in [5.41, 5.74) is 0.992. The number of nitrogens with zero attached hydrogens (tertiary/aromatic N) is 2. The summed E-state index contributed by atoms with van der Waals surface area (Å²) >= 11 is 0.